The lowest BCUT2D eigenvalue weighted by Gasteiger charge is -2.37. The fourth-order valence-electron chi connectivity index (χ4n) is 7.39. The maximum absolute atomic E-state index is 13.7. The van der Waals surface area contributed by atoms with Crippen LogP contribution in [-0.2, 0) is 4.74 Å². The van der Waals surface area contributed by atoms with Crippen molar-refractivity contribution >= 4 is 11.8 Å². The first kappa shape index (κ1) is 28.1. The van der Waals surface area contributed by atoms with E-state index in [9.17, 15) is 20.1 Å². The molecule has 6 rings (SSSR count). The van der Waals surface area contributed by atoms with Gasteiger partial charge in [-0.3, -0.25) is 4.90 Å². The van der Waals surface area contributed by atoms with Gasteiger partial charge in [-0.15, -0.1) is 0 Å². The molecule has 0 radical (unpaired) electrons. The number of amides is 1. The minimum atomic E-state index is -0.514. The van der Waals surface area contributed by atoms with Gasteiger partial charge >= 0.3 is 6.09 Å². The third-order valence-electron chi connectivity index (χ3n) is 9.48. The summed E-state index contributed by atoms with van der Waals surface area (Å²) in [4.78, 5) is 15.2. The van der Waals surface area contributed by atoms with Crippen LogP contribution in [0.1, 0.15) is 79.5 Å². The number of allylic oxidation sites excluding steroid dienone is 3. The highest BCUT2D eigenvalue weighted by molar-refractivity contribution is 5.91. The van der Waals surface area contributed by atoms with E-state index in [1.807, 2.05) is 31.2 Å². The number of carbonyl (C=O) groups excluding carboxylic acids is 1. The Bertz CT molecular complexity index is 1530. The Labute approximate surface area is 247 Å². The molecule has 6 nitrogen and oxygen atoms in total. The SMILES string of the molecule is C=C(C)[C@@H]1CCC(C)=C[C@H]1c1c(O)cc2c(c1O)[C@H](CCO)CCN2C(=O)OCC1c2ccccc2-c2ccccc21. The van der Waals surface area contributed by atoms with Crippen molar-refractivity contribution in [2.45, 2.75) is 57.3 Å². The number of aromatic hydroxyl groups is 2. The zero-order valence-electron chi connectivity index (χ0n) is 24.3. The van der Waals surface area contributed by atoms with E-state index in [2.05, 4.69) is 43.8 Å². The number of hydrogen-bond acceptors (Lipinski definition) is 5. The van der Waals surface area contributed by atoms with Gasteiger partial charge in [0.15, 0.2) is 0 Å². The summed E-state index contributed by atoms with van der Waals surface area (Å²) in [6, 6.07) is 18.0. The quantitative estimate of drug-likeness (QED) is 0.266. The van der Waals surface area contributed by atoms with Crippen molar-refractivity contribution in [3.8, 4) is 22.6 Å². The van der Waals surface area contributed by atoms with Crippen LogP contribution in [0, 0.1) is 5.92 Å². The van der Waals surface area contributed by atoms with Crippen molar-refractivity contribution in [3.63, 3.8) is 0 Å². The smallest absolute Gasteiger partial charge is 0.414 e. The number of rotatable bonds is 6. The van der Waals surface area contributed by atoms with Gasteiger partial charge < -0.3 is 20.1 Å². The second-order valence-electron chi connectivity index (χ2n) is 12.1. The number of carbonyl (C=O) groups is 1. The molecule has 0 bridgehead atoms. The van der Waals surface area contributed by atoms with Gasteiger partial charge in [0.05, 0.1) is 5.69 Å². The monoisotopic (exact) mass is 565 g/mol. The first-order valence-electron chi connectivity index (χ1n) is 14.9. The highest BCUT2D eigenvalue weighted by Gasteiger charge is 2.38. The lowest BCUT2D eigenvalue weighted by atomic mass is 9.72. The van der Waals surface area contributed by atoms with Gasteiger partial charge in [0, 0.05) is 42.2 Å². The molecule has 3 atom stereocenters. The number of fused-ring (bicyclic) bond motifs is 4. The summed E-state index contributed by atoms with van der Waals surface area (Å²) in [5, 5.41) is 33.0. The van der Waals surface area contributed by atoms with Crippen LogP contribution in [0.2, 0.25) is 0 Å². The fourth-order valence-corrected chi connectivity index (χ4v) is 7.39. The second kappa shape index (κ2) is 11.3. The van der Waals surface area contributed by atoms with E-state index < -0.39 is 6.09 Å². The average Bonchev–Trinajstić information content (AvgIpc) is 3.29. The molecule has 3 aliphatic rings. The van der Waals surface area contributed by atoms with Crippen LogP contribution in [0.15, 0.2) is 78.4 Å². The van der Waals surface area contributed by atoms with E-state index in [-0.39, 0.29) is 48.4 Å². The Kier molecular flexibility index (Phi) is 7.58. The number of phenols is 2. The lowest BCUT2D eigenvalue weighted by molar-refractivity contribution is 0.149. The molecule has 1 aliphatic heterocycles. The maximum atomic E-state index is 13.7. The number of phenolic OH excluding ortho intramolecular Hbond substituents is 2. The van der Waals surface area contributed by atoms with Gasteiger partial charge in [0.2, 0.25) is 0 Å². The summed E-state index contributed by atoms with van der Waals surface area (Å²) in [6.07, 6.45) is 4.47. The molecule has 6 heteroatoms. The number of aliphatic hydroxyl groups is 1. The molecule has 218 valence electrons. The molecule has 3 N–H and O–H groups in total. The first-order valence-corrected chi connectivity index (χ1v) is 14.9. The summed E-state index contributed by atoms with van der Waals surface area (Å²) in [5.74, 6) is -0.407. The van der Waals surface area contributed by atoms with E-state index in [1.54, 1.807) is 6.07 Å². The van der Waals surface area contributed by atoms with Crippen LogP contribution in [0.4, 0.5) is 10.5 Å². The van der Waals surface area contributed by atoms with Crippen LogP contribution in [-0.4, -0.2) is 41.2 Å². The Morgan fingerprint density at radius 3 is 2.33 bits per heavy atom. The molecule has 0 unspecified atom stereocenters. The van der Waals surface area contributed by atoms with E-state index in [1.165, 1.54) is 10.5 Å². The van der Waals surface area contributed by atoms with Crippen molar-refractivity contribution in [2.24, 2.45) is 5.92 Å². The number of benzene rings is 3. The van der Waals surface area contributed by atoms with Crippen molar-refractivity contribution in [3.05, 3.63) is 101 Å². The lowest BCUT2D eigenvalue weighted by Crippen LogP contribution is -2.38. The van der Waals surface area contributed by atoms with Crippen molar-refractivity contribution in [1.29, 1.82) is 0 Å². The Balaban J connectivity index is 1.33. The molecule has 3 aromatic rings. The van der Waals surface area contributed by atoms with Crippen molar-refractivity contribution in [1.82, 2.24) is 0 Å². The van der Waals surface area contributed by atoms with Crippen LogP contribution in [0.25, 0.3) is 11.1 Å². The second-order valence-corrected chi connectivity index (χ2v) is 12.1. The third kappa shape index (κ3) is 4.78. The highest BCUT2D eigenvalue weighted by atomic mass is 16.6. The highest BCUT2D eigenvalue weighted by Crippen LogP contribution is 2.53. The van der Waals surface area contributed by atoms with E-state index >= 15 is 0 Å². The van der Waals surface area contributed by atoms with Gasteiger partial charge in [0.1, 0.15) is 18.1 Å². The Morgan fingerprint density at radius 1 is 1.02 bits per heavy atom. The zero-order valence-corrected chi connectivity index (χ0v) is 24.3. The molecule has 2 aliphatic carbocycles. The van der Waals surface area contributed by atoms with Gasteiger partial charge in [-0.05, 0) is 73.6 Å². The summed E-state index contributed by atoms with van der Waals surface area (Å²) < 4.78 is 5.97. The zero-order chi connectivity index (χ0) is 29.5. The molecule has 3 aromatic carbocycles. The van der Waals surface area contributed by atoms with Gasteiger partial charge in [0.25, 0.3) is 0 Å². The van der Waals surface area contributed by atoms with Gasteiger partial charge in [-0.2, -0.15) is 0 Å². The molecule has 0 spiro atoms. The molecule has 1 heterocycles. The predicted molar refractivity (Wildman–Crippen MR) is 165 cm³/mol. The summed E-state index contributed by atoms with van der Waals surface area (Å²) in [6.45, 7) is 8.76. The third-order valence-corrected chi connectivity index (χ3v) is 9.48. The molecule has 0 fully saturated rings. The average molecular weight is 566 g/mol. The topological polar surface area (TPSA) is 90.2 Å². The standard InChI is InChI=1S/C36H39NO5/c1-21(2)24-13-12-22(3)18-29(24)34-32(39)19-31-33(35(34)40)23(15-17-38)14-16-37(31)36(41)42-20-30-27-10-6-4-8-25(27)26-9-5-7-11-28(26)30/h4-11,18-19,23-24,29-30,38-40H,1,12-17,20H2,2-3H3/t23-,24-,29+/m0/s1. The summed E-state index contributed by atoms with van der Waals surface area (Å²) in [5.41, 5.74) is 8.31. The molecule has 1 amide bonds. The van der Waals surface area contributed by atoms with Gasteiger partial charge in [-0.1, -0.05) is 72.3 Å². The van der Waals surface area contributed by atoms with E-state index in [4.69, 9.17) is 4.74 Å². The molecule has 0 aromatic heterocycles. The summed E-state index contributed by atoms with van der Waals surface area (Å²) >= 11 is 0. The maximum Gasteiger partial charge on any atom is 0.414 e. The molecule has 0 saturated carbocycles. The number of hydrogen-bond donors (Lipinski definition) is 3. The minimum absolute atomic E-state index is 0.00166. The Hall–Kier alpha value is -4.03. The van der Waals surface area contributed by atoms with Crippen molar-refractivity contribution in [2.75, 3.05) is 24.7 Å². The number of ether oxygens (including phenoxy) is 1. The van der Waals surface area contributed by atoms with E-state index in [0.29, 0.717) is 36.2 Å². The van der Waals surface area contributed by atoms with Crippen molar-refractivity contribution < 1.29 is 24.9 Å². The normalized spacial score (nSPS) is 21.3. The molecule has 42 heavy (non-hydrogen) atoms. The molecular weight excluding hydrogens is 526 g/mol. The largest absolute Gasteiger partial charge is 0.507 e. The minimum Gasteiger partial charge on any atom is -0.507 e. The van der Waals surface area contributed by atoms with E-state index in [0.717, 1.165) is 40.7 Å². The van der Waals surface area contributed by atoms with Crippen LogP contribution >= 0.6 is 0 Å². The fraction of sp³-hybridized carbons (Fsp3) is 0.361. The van der Waals surface area contributed by atoms with Crippen LogP contribution < -0.4 is 4.90 Å². The Morgan fingerprint density at radius 2 is 1.69 bits per heavy atom. The molecule has 0 saturated heterocycles. The van der Waals surface area contributed by atoms with Crippen LogP contribution in [0.3, 0.4) is 0 Å². The number of anilines is 1. The summed E-state index contributed by atoms with van der Waals surface area (Å²) in [7, 11) is 0. The number of aliphatic hydroxyl groups excluding tert-OH is 1. The van der Waals surface area contributed by atoms with Crippen LogP contribution in [0.5, 0.6) is 11.5 Å². The van der Waals surface area contributed by atoms with Gasteiger partial charge in [-0.25, -0.2) is 4.79 Å². The molecular formula is C36H39NO5. The number of nitrogens with zero attached hydrogens (tertiary/aromatic N) is 1. The first-order chi connectivity index (χ1) is 20.3. The predicted octanol–water partition coefficient (Wildman–Crippen LogP) is 7.74.